The van der Waals surface area contributed by atoms with E-state index in [2.05, 4.69) is 6.58 Å². The van der Waals surface area contributed by atoms with Crippen LogP contribution < -0.4 is 0 Å². The van der Waals surface area contributed by atoms with Crippen molar-refractivity contribution in [2.24, 2.45) is 0 Å². The number of hydrogen-bond acceptors (Lipinski definition) is 1. The maximum atomic E-state index is 13.6. The summed E-state index contributed by atoms with van der Waals surface area (Å²) in [6, 6.07) is 10.0. The van der Waals surface area contributed by atoms with Crippen LogP contribution in [0.1, 0.15) is 12.0 Å². The molecule has 0 amide bonds. The van der Waals surface area contributed by atoms with Crippen molar-refractivity contribution in [2.75, 3.05) is 0 Å². The number of carbonyl (C=O) groups is 1. The molecule has 1 N–H and O–H groups in total. The van der Waals surface area contributed by atoms with Crippen LogP contribution in [-0.4, -0.2) is 11.1 Å². The summed E-state index contributed by atoms with van der Waals surface area (Å²) in [6.07, 6.45) is -0.149. The molecule has 4 heteroatoms. The lowest BCUT2D eigenvalue weighted by atomic mass is 9.99. The Kier molecular flexibility index (Phi) is 3.94. The minimum absolute atomic E-state index is 0.149. The van der Waals surface area contributed by atoms with Crippen LogP contribution in [0.25, 0.3) is 16.7 Å². The van der Waals surface area contributed by atoms with Gasteiger partial charge in [0, 0.05) is 11.6 Å². The Labute approximate surface area is 115 Å². The highest BCUT2D eigenvalue weighted by Gasteiger charge is 2.08. The van der Waals surface area contributed by atoms with Gasteiger partial charge in [-0.1, -0.05) is 30.8 Å². The average molecular weight is 274 g/mol. The van der Waals surface area contributed by atoms with Crippen molar-refractivity contribution in [1.82, 2.24) is 0 Å². The summed E-state index contributed by atoms with van der Waals surface area (Å²) in [7, 11) is 0. The monoisotopic (exact) mass is 274 g/mol. The first-order valence-electron chi connectivity index (χ1n) is 5.93. The van der Waals surface area contributed by atoms with Crippen LogP contribution in [0, 0.1) is 11.6 Å². The molecule has 20 heavy (non-hydrogen) atoms. The molecule has 0 spiro atoms. The van der Waals surface area contributed by atoms with Gasteiger partial charge in [0.15, 0.2) is 0 Å². The Morgan fingerprint density at radius 1 is 1.10 bits per heavy atom. The number of halogens is 2. The number of hydrogen-bond donors (Lipinski definition) is 1. The Morgan fingerprint density at radius 3 is 2.30 bits per heavy atom. The van der Waals surface area contributed by atoms with Crippen molar-refractivity contribution < 1.29 is 18.7 Å². The number of benzene rings is 2. The van der Waals surface area contributed by atoms with E-state index in [9.17, 15) is 13.6 Å². The molecule has 0 saturated heterocycles. The summed E-state index contributed by atoms with van der Waals surface area (Å²) in [4.78, 5) is 10.6. The fourth-order valence-corrected chi connectivity index (χ4v) is 1.89. The van der Waals surface area contributed by atoms with E-state index < -0.39 is 17.6 Å². The summed E-state index contributed by atoms with van der Waals surface area (Å²) in [6.45, 7) is 3.69. The zero-order valence-corrected chi connectivity index (χ0v) is 10.6. The quantitative estimate of drug-likeness (QED) is 0.910. The molecule has 0 atom stereocenters. The van der Waals surface area contributed by atoms with Gasteiger partial charge in [0.2, 0.25) is 0 Å². The van der Waals surface area contributed by atoms with Crippen LogP contribution in [0.4, 0.5) is 8.78 Å². The molecule has 0 fully saturated rings. The van der Waals surface area contributed by atoms with Gasteiger partial charge in [-0.05, 0) is 28.8 Å². The second kappa shape index (κ2) is 5.65. The lowest BCUT2D eigenvalue weighted by Gasteiger charge is -2.07. The average Bonchev–Trinajstić information content (AvgIpc) is 2.38. The van der Waals surface area contributed by atoms with Gasteiger partial charge in [0.05, 0.1) is 6.42 Å². The highest BCUT2D eigenvalue weighted by atomic mass is 19.1. The maximum absolute atomic E-state index is 13.6. The van der Waals surface area contributed by atoms with Gasteiger partial charge in [0.25, 0.3) is 0 Å². The van der Waals surface area contributed by atoms with E-state index in [4.69, 9.17) is 5.11 Å². The molecule has 0 radical (unpaired) electrons. The fraction of sp³-hybridized carbons (Fsp3) is 0.0625. The molecule has 0 bridgehead atoms. The third-order valence-electron chi connectivity index (χ3n) is 2.90. The molecule has 0 aliphatic carbocycles. The Morgan fingerprint density at radius 2 is 1.75 bits per heavy atom. The molecule has 0 aliphatic rings. The second-order valence-electron chi connectivity index (χ2n) is 4.38. The molecule has 2 rings (SSSR count). The zero-order chi connectivity index (χ0) is 14.7. The Hall–Kier alpha value is -2.49. The predicted octanol–water partition coefficient (Wildman–Crippen LogP) is 4.12. The van der Waals surface area contributed by atoms with E-state index in [-0.39, 0.29) is 6.42 Å². The third-order valence-corrected chi connectivity index (χ3v) is 2.90. The SMILES string of the molecule is C=C(CC(=O)O)c1ccc(-c2ccc(F)cc2F)cc1. The van der Waals surface area contributed by atoms with Crippen molar-refractivity contribution in [3.05, 3.63) is 66.2 Å². The van der Waals surface area contributed by atoms with E-state index in [0.29, 0.717) is 22.3 Å². The molecule has 0 heterocycles. The van der Waals surface area contributed by atoms with Crippen molar-refractivity contribution in [1.29, 1.82) is 0 Å². The second-order valence-corrected chi connectivity index (χ2v) is 4.38. The van der Waals surface area contributed by atoms with Crippen LogP contribution >= 0.6 is 0 Å². The first-order chi connectivity index (χ1) is 9.47. The standard InChI is InChI=1S/C16H12F2O2/c1-10(8-16(19)20)11-2-4-12(5-3-11)14-7-6-13(17)9-15(14)18/h2-7,9H,1,8H2,(H,19,20). The van der Waals surface area contributed by atoms with Crippen LogP contribution in [0.3, 0.4) is 0 Å². The molecule has 2 nitrogen and oxygen atoms in total. The zero-order valence-electron chi connectivity index (χ0n) is 10.6. The highest BCUT2D eigenvalue weighted by Crippen LogP contribution is 2.25. The first-order valence-corrected chi connectivity index (χ1v) is 5.93. The lowest BCUT2D eigenvalue weighted by Crippen LogP contribution is -1.96. The minimum Gasteiger partial charge on any atom is -0.481 e. The topological polar surface area (TPSA) is 37.3 Å². The third kappa shape index (κ3) is 3.09. The molecule has 2 aromatic rings. The summed E-state index contributed by atoms with van der Waals surface area (Å²) < 4.78 is 26.5. The van der Waals surface area contributed by atoms with Gasteiger partial charge in [0.1, 0.15) is 11.6 Å². The molecule has 102 valence electrons. The van der Waals surface area contributed by atoms with E-state index in [1.165, 1.54) is 12.1 Å². The van der Waals surface area contributed by atoms with E-state index in [1.54, 1.807) is 24.3 Å². The maximum Gasteiger partial charge on any atom is 0.307 e. The van der Waals surface area contributed by atoms with Gasteiger partial charge in [-0.2, -0.15) is 0 Å². The van der Waals surface area contributed by atoms with E-state index >= 15 is 0 Å². The largest absolute Gasteiger partial charge is 0.481 e. The molecule has 0 unspecified atom stereocenters. The lowest BCUT2D eigenvalue weighted by molar-refractivity contribution is -0.135. The van der Waals surface area contributed by atoms with Gasteiger partial charge in [-0.15, -0.1) is 0 Å². The van der Waals surface area contributed by atoms with Gasteiger partial charge in [-0.25, -0.2) is 8.78 Å². The molecule has 0 aliphatic heterocycles. The highest BCUT2D eigenvalue weighted by molar-refractivity contribution is 5.83. The van der Waals surface area contributed by atoms with Crippen molar-refractivity contribution in [3.8, 4) is 11.1 Å². The Balaban J connectivity index is 2.28. The van der Waals surface area contributed by atoms with Gasteiger partial charge in [-0.3, -0.25) is 4.79 Å². The fourth-order valence-electron chi connectivity index (χ4n) is 1.89. The van der Waals surface area contributed by atoms with Crippen molar-refractivity contribution in [3.63, 3.8) is 0 Å². The smallest absolute Gasteiger partial charge is 0.307 e. The van der Waals surface area contributed by atoms with Gasteiger partial charge < -0.3 is 5.11 Å². The summed E-state index contributed by atoms with van der Waals surface area (Å²) in [5.74, 6) is -2.22. The number of carboxylic acids is 1. The van der Waals surface area contributed by atoms with Crippen molar-refractivity contribution in [2.45, 2.75) is 6.42 Å². The Bertz CT molecular complexity index is 661. The molecule has 0 saturated carbocycles. The number of rotatable bonds is 4. The normalized spacial score (nSPS) is 10.3. The van der Waals surface area contributed by atoms with Crippen LogP contribution in [0.15, 0.2) is 49.0 Å². The molecular formula is C16H12F2O2. The summed E-state index contributed by atoms with van der Waals surface area (Å²) in [5.41, 5.74) is 2.04. The van der Waals surface area contributed by atoms with E-state index in [1.807, 2.05) is 0 Å². The molecule has 0 aromatic heterocycles. The first kappa shape index (κ1) is 13.9. The summed E-state index contributed by atoms with van der Waals surface area (Å²) in [5, 5.41) is 8.69. The van der Waals surface area contributed by atoms with Crippen molar-refractivity contribution >= 4 is 11.5 Å². The van der Waals surface area contributed by atoms with E-state index in [0.717, 1.165) is 6.07 Å². The van der Waals surface area contributed by atoms with Crippen LogP contribution in [0.5, 0.6) is 0 Å². The van der Waals surface area contributed by atoms with Crippen LogP contribution in [0.2, 0.25) is 0 Å². The number of aliphatic carboxylic acids is 1. The minimum atomic E-state index is -0.955. The van der Waals surface area contributed by atoms with Gasteiger partial charge >= 0.3 is 5.97 Å². The molecular weight excluding hydrogens is 262 g/mol. The predicted molar refractivity (Wildman–Crippen MR) is 73.1 cm³/mol. The van der Waals surface area contributed by atoms with Crippen LogP contribution in [-0.2, 0) is 4.79 Å². The molecule has 2 aromatic carbocycles. The summed E-state index contributed by atoms with van der Waals surface area (Å²) >= 11 is 0. The number of carboxylic acid groups (broad SMARTS) is 1.